The molecule has 5 heteroatoms. The summed E-state index contributed by atoms with van der Waals surface area (Å²) in [6, 6.07) is 16.4. The molecule has 1 atom stereocenters. The van der Waals surface area contributed by atoms with Crippen LogP contribution in [0.1, 0.15) is 31.0 Å². The molecule has 2 aromatic carbocycles. The molecule has 0 saturated carbocycles. The van der Waals surface area contributed by atoms with Crippen LogP contribution in [0.4, 0.5) is 0 Å². The lowest BCUT2D eigenvalue weighted by Gasteiger charge is -2.18. The minimum Gasteiger partial charge on any atom is -0.493 e. The monoisotopic (exact) mass is 341 g/mol. The van der Waals surface area contributed by atoms with Crippen LogP contribution in [0.2, 0.25) is 0 Å². The second kappa shape index (κ2) is 9.57. The summed E-state index contributed by atoms with van der Waals surface area (Å²) < 4.78 is 10.9. The van der Waals surface area contributed by atoms with Crippen molar-refractivity contribution < 1.29 is 9.47 Å². The molecule has 0 aliphatic heterocycles. The van der Waals surface area contributed by atoms with E-state index in [1.807, 2.05) is 43.3 Å². The van der Waals surface area contributed by atoms with Gasteiger partial charge in [0.1, 0.15) is 0 Å². The number of guanidine groups is 1. The highest BCUT2D eigenvalue weighted by Gasteiger charge is 2.09. The van der Waals surface area contributed by atoms with E-state index in [4.69, 9.17) is 9.47 Å². The largest absolute Gasteiger partial charge is 0.493 e. The zero-order valence-corrected chi connectivity index (χ0v) is 15.4. The van der Waals surface area contributed by atoms with Crippen molar-refractivity contribution in [2.24, 2.45) is 4.99 Å². The summed E-state index contributed by atoms with van der Waals surface area (Å²) in [4.78, 5) is 4.30. The normalized spacial score (nSPS) is 12.4. The van der Waals surface area contributed by atoms with Crippen molar-refractivity contribution in [3.63, 3.8) is 0 Å². The van der Waals surface area contributed by atoms with Crippen LogP contribution in [0.5, 0.6) is 11.5 Å². The highest BCUT2D eigenvalue weighted by Crippen LogP contribution is 2.27. The maximum atomic E-state index is 5.63. The molecule has 0 saturated heterocycles. The molecule has 0 fully saturated rings. The van der Waals surface area contributed by atoms with Gasteiger partial charge in [0.25, 0.3) is 0 Å². The second-order valence-electron chi connectivity index (χ2n) is 5.62. The van der Waals surface area contributed by atoms with Crippen LogP contribution in [0.15, 0.2) is 53.5 Å². The van der Waals surface area contributed by atoms with Gasteiger partial charge in [-0.25, -0.2) is 0 Å². The van der Waals surface area contributed by atoms with Gasteiger partial charge in [-0.1, -0.05) is 36.4 Å². The molecule has 1 unspecified atom stereocenters. The fourth-order valence-electron chi connectivity index (χ4n) is 2.51. The third-order valence-corrected chi connectivity index (χ3v) is 3.86. The van der Waals surface area contributed by atoms with Crippen LogP contribution in [-0.4, -0.2) is 26.7 Å². The first-order chi connectivity index (χ1) is 12.2. The first-order valence-electron chi connectivity index (χ1n) is 8.49. The molecule has 2 N–H and O–H groups in total. The van der Waals surface area contributed by atoms with Crippen molar-refractivity contribution in [2.75, 3.05) is 20.8 Å². The highest BCUT2D eigenvalue weighted by molar-refractivity contribution is 5.80. The third-order valence-electron chi connectivity index (χ3n) is 3.86. The zero-order valence-electron chi connectivity index (χ0n) is 15.4. The number of nitrogens with one attached hydrogen (secondary N) is 2. The van der Waals surface area contributed by atoms with Crippen LogP contribution in [0.25, 0.3) is 0 Å². The summed E-state index contributed by atoms with van der Waals surface area (Å²) in [7, 11) is 3.42. The molecule has 0 amide bonds. The minimum atomic E-state index is 0.169. The summed E-state index contributed by atoms with van der Waals surface area (Å²) in [6.45, 7) is 5.32. The van der Waals surface area contributed by atoms with Gasteiger partial charge in [0.05, 0.1) is 19.8 Å². The molecule has 0 bridgehead atoms. The van der Waals surface area contributed by atoms with Crippen LogP contribution in [0.3, 0.4) is 0 Å². The van der Waals surface area contributed by atoms with Crippen LogP contribution >= 0.6 is 0 Å². The number of methoxy groups -OCH3 is 1. The molecule has 0 heterocycles. The molecule has 0 spiro atoms. The first kappa shape index (κ1) is 18.6. The molecular weight excluding hydrogens is 314 g/mol. The van der Waals surface area contributed by atoms with Gasteiger partial charge < -0.3 is 20.1 Å². The van der Waals surface area contributed by atoms with Crippen molar-refractivity contribution in [2.45, 2.75) is 26.4 Å². The molecule has 0 aliphatic carbocycles. The van der Waals surface area contributed by atoms with Gasteiger partial charge in [0.15, 0.2) is 17.5 Å². The number of ether oxygens (including phenoxy) is 2. The van der Waals surface area contributed by atoms with E-state index in [1.165, 1.54) is 5.56 Å². The molecule has 0 aromatic heterocycles. The fourth-order valence-corrected chi connectivity index (χ4v) is 2.51. The van der Waals surface area contributed by atoms with E-state index in [2.05, 4.69) is 34.7 Å². The van der Waals surface area contributed by atoms with Crippen molar-refractivity contribution in [3.05, 3.63) is 59.7 Å². The van der Waals surface area contributed by atoms with Crippen molar-refractivity contribution in [1.29, 1.82) is 0 Å². The topological polar surface area (TPSA) is 54.9 Å². The number of aliphatic imine (C=N–C) groups is 1. The maximum absolute atomic E-state index is 5.63. The van der Waals surface area contributed by atoms with Gasteiger partial charge in [-0.2, -0.15) is 0 Å². The Labute approximate surface area is 150 Å². The van der Waals surface area contributed by atoms with E-state index in [-0.39, 0.29) is 6.04 Å². The van der Waals surface area contributed by atoms with E-state index < -0.39 is 0 Å². The van der Waals surface area contributed by atoms with Gasteiger partial charge >= 0.3 is 0 Å². The third kappa shape index (κ3) is 5.41. The summed E-state index contributed by atoms with van der Waals surface area (Å²) in [6.07, 6.45) is 0. The smallest absolute Gasteiger partial charge is 0.191 e. The Kier molecular flexibility index (Phi) is 7.14. The summed E-state index contributed by atoms with van der Waals surface area (Å²) >= 11 is 0. The Bertz CT molecular complexity index is 687. The highest BCUT2D eigenvalue weighted by atomic mass is 16.5. The minimum absolute atomic E-state index is 0.169. The molecule has 0 radical (unpaired) electrons. The predicted molar refractivity (Wildman–Crippen MR) is 102 cm³/mol. The van der Waals surface area contributed by atoms with Gasteiger partial charge in [0.2, 0.25) is 0 Å². The van der Waals surface area contributed by atoms with Crippen LogP contribution in [0, 0.1) is 0 Å². The van der Waals surface area contributed by atoms with E-state index >= 15 is 0 Å². The molecular formula is C20H27N3O2. The quantitative estimate of drug-likeness (QED) is 0.598. The average molecular weight is 341 g/mol. The van der Waals surface area contributed by atoms with E-state index in [1.54, 1.807) is 14.2 Å². The number of rotatable bonds is 7. The molecule has 134 valence electrons. The molecule has 2 aromatic rings. The van der Waals surface area contributed by atoms with Crippen LogP contribution < -0.4 is 20.1 Å². The number of hydrogen-bond donors (Lipinski definition) is 2. The first-order valence-corrected chi connectivity index (χ1v) is 8.49. The van der Waals surface area contributed by atoms with Crippen molar-refractivity contribution in [3.8, 4) is 11.5 Å². The molecule has 0 aliphatic rings. The van der Waals surface area contributed by atoms with Crippen molar-refractivity contribution >= 4 is 5.96 Å². The van der Waals surface area contributed by atoms with Crippen LogP contribution in [-0.2, 0) is 6.54 Å². The van der Waals surface area contributed by atoms with E-state index in [0.717, 1.165) is 23.0 Å². The average Bonchev–Trinajstić information content (AvgIpc) is 2.66. The van der Waals surface area contributed by atoms with Gasteiger partial charge in [-0.15, -0.1) is 0 Å². The number of nitrogens with zero attached hydrogens (tertiary/aromatic N) is 1. The van der Waals surface area contributed by atoms with Gasteiger partial charge in [-0.05, 0) is 37.1 Å². The number of hydrogen-bond acceptors (Lipinski definition) is 3. The Morgan fingerprint density at radius 2 is 1.88 bits per heavy atom. The van der Waals surface area contributed by atoms with E-state index in [9.17, 15) is 0 Å². The number of benzene rings is 2. The molecule has 5 nitrogen and oxygen atoms in total. The molecule has 25 heavy (non-hydrogen) atoms. The summed E-state index contributed by atoms with van der Waals surface area (Å²) in [5, 5.41) is 6.73. The SMILES string of the molecule is CCOc1cc(CNC(=NC)NC(C)c2ccccc2)ccc1OC. The second-order valence-corrected chi connectivity index (χ2v) is 5.62. The summed E-state index contributed by atoms with van der Waals surface area (Å²) in [5.41, 5.74) is 2.31. The Balaban J connectivity index is 1.97. The zero-order chi connectivity index (χ0) is 18.1. The standard InChI is InChI=1S/C20H27N3O2/c1-5-25-19-13-16(11-12-18(19)24-4)14-22-20(21-3)23-15(2)17-9-7-6-8-10-17/h6-13,15H,5,14H2,1-4H3,(H2,21,22,23). The Morgan fingerprint density at radius 3 is 2.52 bits per heavy atom. The lowest BCUT2D eigenvalue weighted by Crippen LogP contribution is -2.38. The van der Waals surface area contributed by atoms with Crippen molar-refractivity contribution in [1.82, 2.24) is 10.6 Å². The van der Waals surface area contributed by atoms with E-state index in [0.29, 0.717) is 13.2 Å². The van der Waals surface area contributed by atoms with Gasteiger partial charge in [-0.3, -0.25) is 4.99 Å². The molecule has 2 rings (SSSR count). The predicted octanol–water partition coefficient (Wildman–Crippen LogP) is 3.52. The summed E-state index contributed by atoms with van der Waals surface area (Å²) in [5.74, 6) is 2.25. The lowest BCUT2D eigenvalue weighted by molar-refractivity contribution is 0.310. The van der Waals surface area contributed by atoms with Gasteiger partial charge in [0, 0.05) is 13.6 Å². The fraction of sp³-hybridized carbons (Fsp3) is 0.350. The Hall–Kier alpha value is -2.69. The maximum Gasteiger partial charge on any atom is 0.191 e. The Morgan fingerprint density at radius 1 is 1.12 bits per heavy atom. The lowest BCUT2D eigenvalue weighted by atomic mass is 10.1.